The number of fused-ring (bicyclic) bond motifs is 2. The van der Waals surface area contributed by atoms with Crippen LogP contribution in [-0.4, -0.2) is 23.8 Å². The van der Waals surface area contributed by atoms with Gasteiger partial charge in [-0.3, -0.25) is 14.4 Å². The highest BCUT2D eigenvalue weighted by Crippen LogP contribution is 2.40. The first-order valence-electron chi connectivity index (χ1n) is 18.2. The molecule has 1 heterocycles. The van der Waals surface area contributed by atoms with E-state index in [9.17, 15) is 14.4 Å². The van der Waals surface area contributed by atoms with Crippen LogP contribution < -0.4 is 16.0 Å². The molecule has 0 spiro atoms. The van der Waals surface area contributed by atoms with Crippen LogP contribution in [0.3, 0.4) is 0 Å². The molecule has 0 saturated carbocycles. The SMILES string of the molecule is C#C.CC.CC.CC.CCC(C)(/C=C/CC/C1=C(\N=N)c2ccccc2N(C(=O)CCC(=O)N[C@H](C(N)=O)C(C)C)Cc2ccccc21)CC.[HH].[HH]. The number of anilines is 1. The molecule has 0 fully saturated rings. The quantitative estimate of drug-likeness (QED) is 0.110. The van der Waals surface area contributed by atoms with Gasteiger partial charge in [-0.05, 0) is 59.8 Å². The zero-order chi connectivity index (χ0) is 38.9. The van der Waals surface area contributed by atoms with Gasteiger partial charge in [-0.25, -0.2) is 5.53 Å². The minimum Gasteiger partial charge on any atom is -0.368 e. The normalized spacial score (nSPS) is 13.8. The van der Waals surface area contributed by atoms with Crippen molar-refractivity contribution in [2.75, 3.05) is 4.90 Å². The smallest absolute Gasteiger partial charge is 0.240 e. The Morgan fingerprint density at radius 3 is 2.02 bits per heavy atom. The lowest BCUT2D eigenvalue weighted by atomic mass is 9.84. The Labute approximate surface area is 306 Å². The Kier molecular flexibility index (Phi) is 25.1. The van der Waals surface area contributed by atoms with E-state index in [4.69, 9.17) is 11.3 Å². The lowest BCUT2D eigenvalue weighted by Gasteiger charge is -2.30. The second-order valence-corrected chi connectivity index (χ2v) is 11.6. The van der Waals surface area contributed by atoms with Gasteiger partial charge in [-0.15, -0.1) is 12.8 Å². The fraction of sp³-hybridized carbons (Fsp3) is 0.500. The van der Waals surface area contributed by atoms with Crippen molar-refractivity contribution in [2.24, 2.45) is 22.2 Å². The molecule has 8 heteroatoms. The molecule has 2 aromatic rings. The van der Waals surface area contributed by atoms with Gasteiger partial charge in [0.25, 0.3) is 0 Å². The van der Waals surface area contributed by atoms with E-state index >= 15 is 0 Å². The minimum absolute atomic E-state index is 0. The molecule has 0 saturated heterocycles. The molecule has 0 unspecified atom stereocenters. The topological polar surface area (TPSA) is 129 Å². The maximum Gasteiger partial charge on any atom is 0.240 e. The highest BCUT2D eigenvalue weighted by Gasteiger charge is 2.28. The van der Waals surface area contributed by atoms with Crippen molar-refractivity contribution < 1.29 is 17.2 Å². The summed E-state index contributed by atoms with van der Waals surface area (Å²) in [6, 6.07) is 14.6. The largest absolute Gasteiger partial charge is 0.368 e. The average Bonchev–Trinajstić information content (AvgIpc) is 3.15. The highest BCUT2D eigenvalue weighted by atomic mass is 16.2. The molecule has 1 atom stereocenters. The number of primary amides is 1. The Bertz CT molecular complexity index is 1420. The summed E-state index contributed by atoms with van der Waals surface area (Å²) in [5.41, 5.74) is 18.6. The fourth-order valence-corrected chi connectivity index (χ4v) is 5.26. The van der Waals surface area contributed by atoms with Crippen LogP contribution in [0.15, 0.2) is 65.8 Å². The number of carbonyl (C=O) groups is 3. The molecule has 0 radical (unpaired) electrons. The van der Waals surface area contributed by atoms with Gasteiger partial charge in [-0.2, -0.15) is 5.11 Å². The van der Waals surface area contributed by atoms with Crippen molar-refractivity contribution in [2.45, 2.75) is 127 Å². The summed E-state index contributed by atoms with van der Waals surface area (Å²) in [5, 5.41) is 6.68. The van der Waals surface area contributed by atoms with Gasteiger partial charge in [0, 0.05) is 21.3 Å². The molecule has 3 amide bonds. The van der Waals surface area contributed by atoms with Crippen molar-refractivity contribution in [1.82, 2.24) is 5.32 Å². The first-order chi connectivity index (χ1) is 24.0. The predicted molar refractivity (Wildman–Crippen MR) is 216 cm³/mol. The summed E-state index contributed by atoms with van der Waals surface area (Å²) < 4.78 is 0. The predicted octanol–water partition coefficient (Wildman–Crippen LogP) is 10.8. The van der Waals surface area contributed by atoms with Crippen LogP contribution >= 0.6 is 0 Å². The Balaban J connectivity index is -0.00000108. The maximum absolute atomic E-state index is 13.7. The van der Waals surface area contributed by atoms with Crippen molar-refractivity contribution in [3.05, 3.63) is 77.4 Å². The van der Waals surface area contributed by atoms with Gasteiger partial charge < -0.3 is 16.0 Å². The van der Waals surface area contributed by atoms with Gasteiger partial charge >= 0.3 is 0 Å². The molecule has 280 valence electrons. The van der Waals surface area contributed by atoms with E-state index in [1.807, 2.05) is 90.1 Å². The Morgan fingerprint density at radius 2 is 1.50 bits per heavy atom. The molecule has 1 aliphatic rings. The number of hydrogen-bond donors (Lipinski definition) is 3. The van der Waals surface area contributed by atoms with Crippen molar-refractivity contribution in [3.8, 4) is 12.8 Å². The van der Waals surface area contributed by atoms with Crippen molar-refractivity contribution >= 4 is 34.7 Å². The fourth-order valence-electron chi connectivity index (χ4n) is 5.26. The van der Waals surface area contributed by atoms with E-state index in [2.05, 4.69) is 56.2 Å². The standard InChI is InChI=1S/C34H45N5O3.3C2H6.C2H2.2H2/c1-6-34(5,7-2)21-13-12-16-26-25-15-9-8-14-24(25)22-39(28-18-11-10-17-27(28)32(26)38-36)30(41)20-19-29(40)37-31(23(3)4)33(35)42;4*1-2;;/h8-11,13-15,17-18,21,23,31,36H,6-7,12,16,19-20,22H2,1-5H3,(H2,35,42)(H,37,40);3*1-2H3;1-2H;2*1H/b21-13+,32-26+,38-36?;;;;;;/t31-;;;;;;/m0....../s1. The van der Waals surface area contributed by atoms with Crippen LogP contribution in [0.1, 0.15) is 134 Å². The summed E-state index contributed by atoms with van der Waals surface area (Å²) in [6.07, 6.45) is 16.1. The number of terminal acetylenes is 1. The van der Waals surface area contributed by atoms with Crippen LogP contribution in [-0.2, 0) is 20.9 Å². The van der Waals surface area contributed by atoms with E-state index in [1.165, 1.54) is 0 Å². The average molecular weight is 692 g/mol. The summed E-state index contributed by atoms with van der Waals surface area (Å²) >= 11 is 0. The van der Waals surface area contributed by atoms with Crippen LogP contribution in [0.2, 0.25) is 0 Å². The molecule has 50 heavy (non-hydrogen) atoms. The monoisotopic (exact) mass is 692 g/mol. The first kappa shape index (κ1) is 47.6. The molecule has 0 bridgehead atoms. The molecular weight excluding hydrogens is 622 g/mol. The molecular formula is C42H69N5O3. The number of amides is 3. The number of nitrogens with two attached hydrogens (primary N) is 1. The minimum atomic E-state index is -0.792. The van der Waals surface area contributed by atoms with Gasteiger partial charge in [-0.1, -0.05) is 131 Å². The zero-order valence-electron chi connectivity index (χ0n) is 32.7. The van der Waals surface area contributed by atoms with E-state index in [0.717, 1.165) is 36.0 Å². The molecule has 2 aromatic carbocycles. The number of nitrogens with zero attached hydrogens (tertiary/aromatic N) is 2. The zero-order valence-corrected chi connectivity index (χ0v) is 32.7. The van der Waals surface area contributed by atoms with Gasteiger partial charge in [0.15, 0.2) is 0 Å². The number of benzene rings is 2. The Hall–Kier alpha value is -4.51. The van der Waals surface area contributed by atoms with Crippen LogP contribution in [0, 0.1) is 29.7 Å². The molecule has 0 aromatic heterocycles. The number of hydrogen-bond acceptors (Lipinski definition) is 5. The van der Waals surface area contributed by atoms with Crippen molar-refractivity contribution in [1.29, 1.82) is 5.53 Å². The molecule has 3 rings (SSSR count). The third-order valence-corrected chi connectivity index (χ3v) is 8.37. The van der Waals surface area contributed by atoms with E-state index < -0.39 is 17.9 Å². The number of carbonyl (C=O) groups excluding carboxylic acids is 3. The first-order valence-corrected chi connectivity index (χ1v) is 18.2. The second-order valence-electron chi connectivity index (χ2n) is 11.6. The summed E-state index contributed by atoms with van der Waals surface area (Å²) in [6.45, 7) is 22.6. The number of allylic oxidation sites excluding steroid dienone is 3. The van der Waals surface area contributed by atoms with E-state index in [0.29, 0.717) is 29.9 Å². The molecule has 1 aliphatic heterocycles. The van der Waals surface area contributed by atoms with Gasteiger partial charge in [0.05, 0.1) is 17.9 Å². The van der Waals surface area contributed by atoms with E-state index in [1.54, 1.807) is 18.7 Å². The highest BCUT2D eigenvalue weighted by molar-refractivity contribution is 6.02. The molecule has 0 aliphatic carbocycles. The third kappa shape index (κ3) is 14.2. The van der Waals surface area contributed by atoms with E-state index in [-0.39, 0.29) is 32.9 Å². The van der Waals surface area contributed by atoms with Crippen LogP contribution in [0.4, 0.5) is 5.69 Å². The summed E-state index contributed by atoms with van der Waals surface area (Å²) in [7, 11) is 0. The number of nitrogens with one attached hydrogen (secondary N) is 2. The van der Waals surface area contributed by atoms with Crippen LogP contribution in [0.5, 0.6) is 0 Å². The van der Waals surface area contributed by atoms with Gasteiger partial charge in [0.2, 0.25) is 17.7 Å². The summed E-state index contributed by atoms with van der Waals surface area (Å²) in [4.78, 5) is 39.7. The molecule has 8 nitrogen and oxygen atoms in total. The lowest BCUT2D eigenvalue weighted by molar-refractivity contribution is -0.129. The second kappa shape index (κ2) is 26.4. The van der Waals surface area contributed by atoms with Crippen molar-refractivity contribution in [3.63, 3.8) is 0 Å². The lowest BCUT2D eigenvalue weighted by Crippen LogP contribution is -2.47. The van der Waals surface area contributed by atoms with Gasteiger partial charge in [0.1, 0.15) is 6.04 Å². The maximum atomic E-state index is 13.7. The third-order valence-electron chi connectivity index (χ3n) is 8.37. The summed E-state index contributed by atoms with van der Waals surface area (Å²) in [5.74, 6) is -1.40. The molecule has 4 N–H and O–H groups in total. The number of rotatable bonds is 13. The number of para-hydroxylation sites is 1. The van der Waals surface area contributed by atoms with Crippen LogP contribution in [0.25, 0.3) is 11.3 Å². The Morgan fingerprint density at radius 1 is 0.960 bits per heavy atom.